The minimum Gasteiger partial charge on any atom is -0.323 e. The summed E-state index contributed by atoms with van der Waals surface area (Å²) in [7, 11) is 0. The van der Waals surface area contributed by atoms with E-state index in [0.717, 1.165) is 12.1 Å². The standard InChI is InChI=1S/C13H22N2/c1-3-4-5-8-12(2)13(14)11-15-9-6-7-10-15/h3-5,8,13H,2,6-7,9-11,14H2,1H3/b4-3-,8-5-. The molecule has 0 amide bonds. The number of hydrogen-bond donors (Lipinski definition) is 1. The largest absolute Gasteiger partial charge is 0.323 e. The van der Waals surface area contributed by atoms with Crippen molar-refractivity contribution in [2.75, 3.05) is 19.6 Å². The Morgan fingerprint density at radius 3 is 2.67 bits per heavy atom. The van der Waals surface area contributed by atoms with Gasteiger partial charge in [0.25, 0.3) is 0 Å². The number of hydrogen-bond acceptors (Lipinski definition) is 2. The summed E-state index contributed by atoms with van der Waals surface area (Å²) in [6.45, 7) is 9.32. The number of nitrogens with zero attached hydrogens (tertiary/aromatic N) is 1. The fraction of sp³-hybridized carbons (Fsp3) is 0.538. The summed E-state index contributed by atoms with van der Waals surface area (Å²) < 4.78 is 0. The minimum absolute atomic E-state index is 0.0737. The molecule has 1 unspecified atom stereocenters. The molecule has 0 aromatic carbocycles. The van der Waals surface area contributed by atoms with Crippen molar-refractivity contribution in [1.82, 2.24) is 4.90 Å². The van der Waals surface area contributed by atoms with Crippen molar-refractivity contribution in [2.24, 2.45) is 5.73 Å². The molecule has 0 bridgehead atoms. The second kappa shape index (κ2) is 6.59. The van der Waals surface area contributed by atoms with Crippen LogP contribution in [-0.2, 0) is 0 Å². The van der Waals surface area contributed by atoms with Crippen molar-refractivity contribution in [3.63, 3.8) is 0 Å². The molecule has 1 heterocycles. The Kier molecular flexibility index (Phi) is 5.37. The van der Waals surface area contributed by atoms with Gasteiger partial charge in [-0.2, -0.15) is 0 Å². The molecule has 0 radical (unpaired) electrons. The molecule has 0 saturated carbocycles. The van der Waals surface area contributed by atoms with Crippen molar-refractivity contribution in [3.05, 3.63) is 36.5 Å². The van der Waals surface area contributed by atoms with E-state index in [4.69, 9.17) is 5.73 Å². The normalized spacial score (nSPS) is 20.4. The molecular weight excluding hydrogens is 184 g/mol. The van der Waals surface area contributed by atoms with Crippen LogP contribution in [0.2, 0.25) is 0 Å². The zero-order valence-corrected chi connectivity index (χ0v) is 9.65. The van der Waals surface area contributed by atoms with Crippen LogP contribution in [0.3, 0.4) is 0 Å². The quantitative estimate of drug-likeness (QED) is 0.698. The minimum atomic E-state index is 0.0737. The molecule has 15 heavy (non-hydrogen) atoms. The average molecular weight is 206 g/mol. The molecule has 0 aliphatic carbocycles. The van der Waals surface area contributed by atoms with E-state index in [2.05, 4.69) is 11.5 Å². The first kappa shape index (κ1) is 12.2. The van der Waals surface area contributed by atoms with E-state index in [1.165, 1.54) is 25.9 Å². The lowest BCUT2D eigenvalue weighted by molar-refractivity contribution is 0.327. The molecule has 1 aliphatic heterocycles. The molecule has 2 nitrogen and oxygen atoms in total. The summed E-state index contributed by atoms with van der Waals surface area (Å²) in [6, 6.07) is 0.0737. The highest BCUT2D eigenvalue weighted by Crippen LogP contribution is 2.09. The molecule has 1 fully saturated rings. The van der Waals surface area contributed by atoms with Crippen LogP contribution in [0.15, 0.2) is 36.5 Å². The van der Waals surface area contributed by atoms with Gasteiger partial charge in [0.2, 0.25) is 0 Å². The lowest BCUT2D eigenvalue weighted by atomic mass is 10.1. The van der Waals surface area contributed by atoms with Crippen LogP contribution in [0.5, 0.6) is 0 Å². The van der Waals surface area contributed by atoms with Crippen molar-refractivity contribution < 1.29 is 0 Å². The van der Waals surface area contributed by atoms with Crippen LogP contribution in [0.1, 0.15) is 19.8 Å². The average Bonchev–Trinajstić information content (AvgIpc) is 2.70. The SMILES string of the molecule is C=C(/C=C\C=C/C)C(N)CN1CCCC1. The Hall–Kier alpha value is -0.860. The number of allylic oxidation sites excluding steroid dienone is 3. The first-order chi connectivity index (χ1) is 7.24. The molecule has 1 aliphatic rings. The maximum Gasteiger partial charge on any atom is 0.0418 e. The second-order valence-electron chi connectivity index (χ2n) is 4.07. The third kappa shape index (κ3) is 4.45. The Morgan fingerprint density at radius 1 is 1.40 bits per heavy atom. The summed E-state index contributed by atoms with van der Waals surface area (Å²) in [4.78, 5) is 2.42. The Labute approximate surface area is 93.1 Å². The van der Waals surface area contributed by atoms with Gasteiger partial charge in [-0.05, 0) is 38.4 Å². The van der Waals surface area contributed by atoms with E-state index in [9.17, 15) is 0 Å². The van der Waals surface area contributed by atoms with E-state index >= 15 is 0 Å². The number of rotatable bonds is 5. The third-order valence-electron chi connectivity index (χ3n) is 2.74. The van der Waals surface area contributed by atoms with Gasteiger partial charge in [0.1, 0.15) is 0 Å². The highest BCUT2D eigenvalue weighted by molar-refractivity contribution is 5.24. The first-order valence-corrected chi connectivity index (χ1v) is 5.70. The maximum atomic E-state index is 6.06. The topological polar surface area (TPSA) is 29.3 Å². The van der Waals surface area contributed by atoms with E-state index in [1.807, 2.05) is 31.2 Å². The Balaban J connectivity index is 2.31. The van der Waals surface area contributed by atoms with Gasteiger partial charge in [-0.25, -0.2) is 0 Å². The van der Waals surface area contributed by atoms with Crippen molar-refractivity contribution in [2.45, 2.75) is 25.8 Å². The molecular formula is C13H22N2. The van der Waals surface area contributed by atoms with Gasteiger partial charge >= 0.3 is 0 Å². The molecule has 2 N–H and O–H groups in total. The number of likely N-dealkylation sites (tertiary alicyclic amines) is 1. The van der Waals surface area contributed by atoms with Crippen molar-refractivity contribution in [1.29, 1.82) is 0 Å². The van der Waals surface area contributed by atoms with E-state index in [1.54, 1.807) is 0 Å². The summed E-state index contributed by atoms with van der Waals surface area (Å²) in [6.07, 6.45) is 10.6. The van der Waals surface area contributed by atoms with Crippen molar-refractivity contribution >= 4 is 0 Å². The molecule has 84 valence electrons. The predicted molar refractivity (Wildman–Crippen MR) is 66.7 cm³/mol. The fourth-order valence-electron chi connectivity index (χ4n) is 1.77. The van der Waals surface area contributed by atoms with Crippen LogP contribution in [0, 0.1) is 0 Å². The molecule has 0 spiro atoms. The summed E-state index contributed by atoms with van der Waals surface area (Å²) in [5.41, 5.74) is 7.08. The lowest BCUT2D eigenvalue weighted by Gasteiger charge is -2.20. The van der Waals surface area contributed by atoms with Gasteiger partial charge in [-0.3, -0.25) is 0 Å². The van der Waals surface area contributed by atoms with Crippen LogP contribution >= 0.6 is 0 Å². The Bertz CT molecular complexity index is 247. The maximum absolute atomic E-state index is 6.06. The van der Waals surface area contributed by atoms with E-state index in [-0.39, 0.29) is 6.04 Å². The predicted octanol–water partition coefficient (Wildman–Crippen LogP) is 2.10. The molecule has 1 saturated heterocycles. The highest BCUT2D eigenvalue weighted by atomic mass is 15.1. The van der Waals surface area contributed by atoms with Crippen LogP contribution in [-0.4, -0.2) is 30.6 Å². The van der Waals surface area contributed by atoms with Gasteiger partial charge in [-0.15, -0.1) is 0 Å². The van der Waals surface area contributed by atoms with Gasteiger partial charge < -0.3 is 10.6 Å². The van der Waals surface area contributed by atoms with Gasteiger partial charge in [0, 0.05) is 12.6 Å². The van der Waals surface area contributed by atoms with Gasteiger partial charge in [0.05, 0.1) is 0 Å². The van der Waals surface area contributed by atoms with Crippen LogP contribution < -0.4 is 5.73 Å². The lowest BCUT2D eigenvalue weighted by Crippen LogP contribution is -2.36. The third-order valence-corrected chi connectivity index (χ3v) is 2.74. The van der Waals surface area contributed by atoms with Crippen LogP contribution in [0.25, 0.3) is 0 Å². The summed E-state index contributed by atoms with van der Waals surface area (Å²) in [5, 5.41) is 0. The molecule has 2 heteroatoms. The second-order valence-corrected chi connectivity index (χ2v) is 4.07. The zero-order valence-electron chi connectivity index (χ0n) is 9.65. The fourth-order valence-corrected chi connectivity index (χ4v) is 1.77. The van der Waals surface area contributed by atoms with Gasteiger partial charge in [0.15, 0.2) is 0 Å². The van der Waals surface area contributed by atoms with Crippen LogP contribution in [0.4, 0.5) is 0 Å². The van der Waals surface area contributed by atoms with E-state index in [0.29, 0.717) is 0 Å². The molecule has 0 aromatic rings. The smallest absolute Gasteiger partial charge is 0.0418 e. The number of nitrogens with two attached hydrogens (primary N) is 1. The highest BCUT2D eigenvalue weighted by Gasteiger charge is 2.15. The molecule has 0 aromatic heterocycles. The van der Waals surface area contributed by atoms with E-state index < -0.39 is 0 Å². The molecule has 1 atom stereocenters. The zero-order chi connectivity index (χ0) is 11.1. The first-order valence-electron chi connectivity index (χ1n) is 5.70. The monoisotopic (exact) mass is 206 g/mol. The molecule has 1 rings (SSSR count). The summed E-state index contributed by atoms with van der Waals surface area (Å²) in [5.74, 6) is 0. The van der Waals surface area contributed by atoms with Crippen molar-refractivity contribution in [3.8, 4) is 0 Å². The van der Waals surface area contributed by atoms with Gasteiger partial charge in [-0.1, -0.05) is 30.9 Å². The Morgan fingerprint density at radius 2 is 2.07 bits per heavy atom. The summed E-state index contributed by atoms with van der Waals surface area (Å²) >= 11 is 0.